The predicted octanol–water partition coefficient (Wildman–Crippen LogP) is 5.80. The number of hydrogen-bond donors (Lipinski definition) is 1. The number of hydrogen-bond acceptors (Lipinski definition) is 3. The molecule has 0 aliphatic carbocycles. The molecule has 6 nitrogen and oxygen atoms in total. The molecule has 2 aromatic rings. The zero-order valence-corrected chi connectivity index (χ0v) is 19.1. The van der Waals surface area contributed by atoms with Gasteiger partial charge in [-0.15, -0.1) is 0 Å². The smallest absolute Gasteiger partial charge is 0.379 e. The number of halogens is 8. The molecule has 1 aromatic heterocycles. The number of nitrogens with one attached hydrogen (secondary N) is 1. The van der Waals surface area contributed by atoms with Gasteiger partial charge >= 0.3 is 12.2 Å². The number of amides is 2. The molecule has 0 saturated carbocycles. The summed E-state index contributed by atoms with van der Waals surface area (Å²) in [6.45, 7) is -0.0342. The molecular weight excluding hydrogens is 504 g/mol. The maximum Gasteiger partial charge on any atom is 0.419 e. The van der Waals surface area contributed by atoms with Crippen molar-refractivity contribution in [2.45, 2.75) is 57.3 Å². The maximum absolute atomic E-state index is 14.6. The van der Waals surface area contributed by atoms with E-state index in [0.717, 1.165) is 6.07 Å². The van der Waals surface area contributed by atoms with Crippen LogP contribution in [0.3, 0.4) is 0 Å². The first-order chi connectivity index (χ1) is 16.8. The molecule has 200 valence electrons. The summed E-state index contributed by atoms with van der Waals surface area (Å²) in [6, 6.07) is 1.38. The molecule has 2 aliphatic heterocycles. The third-order valence-electron chi connectivity index (χ3n) is 5.66. The van der Waals surface area contributed by atoms with Gasteiger partial charge in [0.25, 0.3) is 12.3 Å². The fourth-order valence-electron chi connectivity index (χ4n) is 4.05. The minimum atomic E-state index is -4.91. The van der Waals surface area contributed by atoms with Gasteiger partial charge in [-0.05, 0) is 31.0 Å². The molecule has 0 unspecified atom stereocenters. The van der Waals surface area contributed by atoms with E-state index < -0.39 is 42.5 Å². The SMILES string of the molecule is COCC(F)F.O=C(Nc1ccc(F)c(C(F)(F)F)c1)N1CCc2nn3c(c2C1)C(F)(F)CCCC3. The number of alkyl halides is 7. The maximum atomic E-state index is 14.6. The van der Waals surface area contributed by atoms with Gasteiger partial charge in [0.05, 0.1) is 17.8 Å². The van der Waals surface area contributed by atoms with Crippen molar-refractivity contribution in [2.24, 2.45) is 0 Å². The molecule has 0 fully saturated rings. The fraction of sp³-hybridized carbons (Fsp3) is 0.545. The molecule has 36 heavy (non-hydrogen) atoms. The van der Waals surface area contributed by atoms with Gasteiger partial charge in [-0.1, -0.05) is 0 Å². The largest absolute Gasteiger partial charge is 0.419 e. The molecule has 1 N–H and O–H groups in total. The zero-order valence-electron chi connectivity index (χ0n) is 19.1. The Morgan fingerprint density at radius 3 is 2.56 bits per heavy atom. The Bertz CT molecular complexity index is 1070. The number of aromatic nitrogens is 2. The van der Waals surface area contributed by atoms with Crippen molar-refractivity contribution < 1.29 is 44.7 Å². The van der Waals surface area contributed by atoms with Crippen LogP contribution in [0.25, 0.3) is 0 Å². The summed E-state index contributed by atoms with van der Waals surface area (Å²) in [5.41, 5.74) is -1.12. The molecule has 3 heterocycles. The van der Waals surface area contributed by atoms with Crippen molar-refractivity contribution in [2.75, 3.05) is 25.6 Å². The van der Waals surface area contributed by atoms with Gasteiger partial charge in [-0.2, -0.15) is 27.1 Å². The first-order valence-electron chi connectivity index (χ1n) is 11.0. The summed E-state index contributed by atoms with van der Waals surface area (Å²) >= 11 is 0. The first kappa shape index (κ1) is 27.7. The number of nitrogens with zero attached hydrogens (tertiary/aromatic N) is 3. The van der Waals surface area contributed by atoms with E-state index in [1.165, 1.54) is 16.7 Å². The van der Waals surface area contributed by atoms with Crippen molar-refractivity contribution in [3.63, 3.8) is 0 Å². The second-order valence-corrected chi connectivity index (χ2v) is 8.30. The van der Waals surface area contributed by atoms with Crippen LogP contribution in [0.15, 0.2) is 18.2 Å². The van der Waals surface area contributed by atoms with Gasteiger partial charge in [0.2, 0.25) is 0 Å². The zero-order chi connectivity index (χ0) is 26.7. The highest BCUT2D eigenvalue weighted by molar-refractivity contribution is 5.89. The Morgan fingerprint density at radius 1 is 1.22 bits per heavy atom. The minimum Gasteiger partial charge on any atom is -0.379 e. The average Bonchev–Trinajstić information content (AvgIpc) is 3.08. The van der Waals surface area contributed by atoms with Crippen LogP contribution in [0, 0.1) is 5.82 Å². The Balaban J connectivity index is 0.000000538. The Morgan fingerprint density at radius 2 is 1.94 bits per heavy atom. The Labute approximate surface area is 201 Å². The van der Waals surface area contributed by atoms with Crippen molar-refractivity contribution in [3.8, 4) is 0 Å². The summed E-state index contributed by atoms with van der Waals surface area (Å²) < 4.78 is 108. The molecule has 0 spiro atoms. The van der Waals surface area contributed by atoms with Crippen molar-refractivity contribution in [3.05, 3.63) is 46.5 Å². The molecular formula is C22H24F8N4O2. The van der Waals surface area contributed by atoms with Crippen LogP contribution in [-0.4, -0.2) is 47.4 Å². The standard InChI is InChI=1S/C19H18F6N4O.C3H6F2O/c20-14-4-3-11(9-13(14)19(23,24)25)26-17(30)28-8-5-15-12(10-28)16-18(21,22)6-1-2-7-29(16)27-15;1-6-2-3(4)5/h3-4,9H,1-2,5-8,10H2,(H,26,30);3H,2H2,1H3. The van der Waals surface area contributed by atoms with E-state index in [0.29, 0.717) is 42.8 Å². The number of urea groups is 1. The quantitative estimate of drug-likeness (QED) is 0.512. The predicted molar refractivity (Wildman–Crippen MR) is 112 cm³/mol. The lowest BCUT2D eigenvalue weighted by molar-refractivity contribution is -0.139. The van der Waals surface area contributed by atoms with Crippen LogP contribution in [0.1, 0.15) is 41.8 Å². The Hall–Kier alpha value is -2.90. The van der Waals surface area contributed by atoms with E-state index in [1.54, 1.807) is 0 Å². The number of carbonyl (C=O) groups excluding carboxylic acids is 1. The third-order valence-corrected chi connectivity index (χ3v) is 5.66. The molecule has 0 atom stereocenters. The number of fused-ring (bicyclic) bond motifs is 3. The first-order valence-corrected chi connectivity index (χ1v) is 11.0. The van der Waals surface area contributed by atoms with E-state index in [1.807, 2.05) is 0 Å². The highest BCUT2D eigenvalue weighted by Gasteiger charge is 2.42. The van der Waals surface area contributed by atoms with Gasteiger partial charge in [0.15, 0.2) is 0 Å². The summed E-state index contributed by atoms with van der Waals surface area (Å²) in [4.78, 5) is 13.8. The van der Waals surface area contributed by atoms with Gasteiger partial charge in [-0.25, -0.2) is 18.0 Å². The number of rotatable bonds is 3. The number of carbonyl (C=O) groups is 1. The van der Waals surface area contributed by atoms with E-state index in [9.17, 15) is 39.9 Å². The number of ether oxygens (including phenoxy) is 1. The van der Waals surface area contributed by atoms with Crippen molar-refractivity contribution in [1.82, 2.24) is 14.7 Å². The molecule has 1 aromatic carbocycles. The van der Waals surface area contributed by atoms with E-state index in [-0.39, 0.29) is 37.3 Å². The molecule has 2 aliphatic rings. The minimum absolute atomic E-state index is 0.126. The lowest BCUT2D eigenvalue weighted by Crippen LogP contribution is -2.39. The van der Waals surface area contributed by atoms with E-state index >= 15 is 0 Å². The highest BCUT2D eigenvalue weighted by Crippen LogP contribution is 2.40. The second kappa shape index (κ2) is 11.0. The van der Waals surface area contributed by atoms with Gasteiger partial charge < -0.3 is 15.0 Å². The second-order valence-electron chi connectivity index (χ2n) is 8.30. The number of anilines is 1. The highest BCUT2D eigenvalue weighted by atomic mass is 19.4. The van der Waals surface area contributed by atoms with Gasteiger partial charge in [-0.3, -0.25) is 4.68 Å². The monoisotopic (exact) mass is 528 g/mol. The van der Waals surface area contributed by atoms with Crippen LogP contribution < -0.4 is 5.32 Å². The van der Waals surface area contributed by atoms with Crippen LogP contribution in [0.5, 0.6) is 0 Å². The summed E-state index contributed by atoms with van der Waals surface area (Å²) in [7, 11) is 1.24. The average molecular weight is 528 g/mol. The van der Waals surface area contributed by atoms with Gasteiger partial charge in [0, 0.05) is 44.3 Å². The third kappa shape index (κ3) is 6.45. The van der Waals surface area contributed by atoms with Crippen LogP contribution >= 0.6 is 0 Å². The lowest BCUT2D eigenvalue weighted by atomic mass is 10.00. The van der Waals surface area contributed by atoms with Crippen LogP contribution in [0.4, 0.5) is 45.6 Å². The number of methoxy groups -OCH3 is 1. The Kier molecular flexibility index (Phi) is 8.47. The molecule has 0 bridgehead atoms. The van der Waals surface area contributed by atoms with E-state index in [2.05, 4.69) is 15.2 Å². The summed E-state index contributed by atoms with van der Waals surface area (Å²) in [5.74, 6) is -4.51. The van der Waals surface area contributed by atoms with Crippen LogP contribution in [0.2, 0.25) is 0 Å². The molecule has 14 heteroatoms. The number of aryl methyl sites for hydroxylation is 1. The van der Waals surface area contributed by atoms with Crippen LogP contribution in [-0.2, 0) is 36.3 Å². The van der Waals surface area contributed by atoms with E-state index in [4.69, 9.17) is 0 Å². The summed E-state index contributed by atoms with van der Waals surface area (Å²) in [5, 5.41) is 6.58. The molecule has 4 rings (SSSR count). The molecule has 2 amide bonds. The summed E-state index contributed by atoms with van der Waals surface area (Å²) in [6.07, 6.45) is -6.33. The normalized spacial score (nSPS) is 17.0. The lowest BCUT2D eigenvalue weighted by Gasteiger charge is -2.28. The topological polar surface area (TPSA) is 59.4 Å². The van der Waals surface area contributed by atoms with Crippen molar-refractivity contribution >= 4 is 11.7 Å². The molecule has 0 radical (unpaired) electrons. The molecule has 0 saturated heterocycles. The number of benzene rings is 1. The van der Waals surface area contributed by atoms with Crippen molar-refractivity contribution in [1.29, 1.82) is 0 Å². The van der Waals surface area contributed by atoms with Gasteiger partial charge in [0.1, 0.15) is 18.1 Å². The fourth-order valence-corrected chi connectivity index (χ4v) is 4.05.